The van der Waals surface area contributed by atoms with Crippen LogP contribution in [0.25, 0.3) is 5.57 Å². The van der Waals surface area contributed by atoms with E-state index in [0.29, 0.717) is 0 Å². The Morgan fingerprint density at radius 2 is 1.73 bits per heavy atom. The molecule has 0 bridgehead atoms. The maximum absolute atomic E-state index is 11.6. The molecule has 0 saturated heterocycles. The molecule has 1 heterocycles. The van der Waals surface area contributed by atoms with Crippen LogP contribution in [0.3, 0.4) is 0 Å². The van der Waals surface area contributed by atoms with Gasteiger partial charge in [0.25, 0.3) is 0 Å². The van der Waals surface area contributed by atoms with Crippen LogP contribution in [0.4, 0.5) is 0 Å². The van der Waals surface area contributed by atoms with Crippen LogP contribution in [-0.4, -0.2) is 40.5 Å². The van der Waals surface area contributed by atoms with Crippen LogP contribution in [0.15, 0.2) is 85.5 Å². The lowest BCUT2D eigenvalue weighted by atomic mass is 9.91. The quantitative estimate of drug-likeness (QED) is 0.270. The average molecular weight is 451 g/mol. The lowest BCUT2D eigenvalue weighted by Crippen LogP contribution is -2.44. The number of aliphatic carboxylic acids is 1. The second-order valence-electron chi connectivity index (χ2n) is 7.54. The van der Waals surface area contributed by atoms with Gasteiger partial charge in [-0.05, 0) is 23.1 Å². The Kier molecular flexibility index (Phi) is 8.91. The highest BCUT2D eigenvalue weighted by atomic mass is 16.8. The Bertz CT molecular complexity index is 1000. The highest BCUT2D eigenvalue weighted by Gasteiger charge is 2.36. The van der Waals surface area contributed by atoms with Crippen LogP contribution in [0.5, 0.6) is 0 Å². The number of nitrogens with one attached hydrogen (secondary N) is 2. The number of imidazole rings is 1. The van der Waals surface area contributed by atoms with Crippen molar-refractivity contribution < 1.29 is 19.6 Å². The third-order valence-electron chi connectivity index (χ3n) is 5.25. The summed E-state index contributed by atoms with van der Waals surface area (Å²) in [5.74, 6) is -2.48. The predicted octanol–water partition coefficient (Wildman–Crippen LogP) is 3.61. The van der Waals surface area contributed by atoms with E-state index in [2.05, 4.69) is 32.6 Å². The zero-order valence-corrected chi connectivity index (χ0v) is 18.8. The van der Waals surface area contributed by atoms with E-state index in [1.54, 1.807) is 26.6 Å². The Labute approximate surface area is 193 Å². The van der Waals surface area contributed by atoms with Crippen LogP contribution in [-0.2, 0) is 20.9 Å². The maximum atomic E-state index is 11.6. The van der Waals surface area contributed by atoms with Crippen LogP contribution >= 0.6 is 0 Å². The first-order valence-corrected chi connectivity index (χ1v) is 10.7. The maximum Gasteiger partial charge on any atom is 0.308 e. The van der Waals surface area contributed by atoms with Crippen molar-refractivity contribution >= 4 is 11.5 Å². The van der Waals surface area contributed by atoms with Crippen molar-refractivity contribution in [3.05, 3.63) is 96.6 Å². The zero-order valence-electron chi connectivity index (χ0n) is 18.8. The Morgan fingerprint density at radius 1 is 1.09 bits per heavy atom. The van der Waals surface area contributed by atoms with Crippen molar-refractivity contribution in [2.75, 3.05) is 14.1 Å². The lowest BCUT2D eigenvalue weighted by Gasteiger charge is -2.30. The molecule has 0 spiro atoms. The van der Waals surface area contributed by atoms with Crippen LogP contribution < -0.4 is 11.0 Å². The molecule has 8 nitrogen and oxygen atoms in total. The zero-order chi connectivity index (χ0) is 23.5. The highest BCUT2D eigenvalue weighted by molar-refractivity contribution is 5.70. The molecule has 174 valence electrons. The molecule has 2 aromatic carbocycles. The first-order valence-electron chi connectivity index (χ1n) is 10.7. The van der Waals surface area contributed by atoms with Gasteiger partial charge in [-0.15, -0.1) is 0 Å². The molecular weight excluding hydrogens is 420 g/mol. The molecule has 0 saturated carbocycles. The monoisotopic (exact) mass is 450 g/mol. The van der Waals surface area contributed by atoms with Crippen molar-refractivity contribution in [3.63, 3.8) is 0 Å². The van der Waals surface area contributed by atoms with Gasteiger partial charge in [0.15, 0.2) is 0 Å². The summed E-state index contributed by atoms with van der Waals surface area (Å²) in [6, 6.07) is 20.1. The van der Waals surface area contributed by atoms with Crippen molar-refractivity contribution in [3.8, 4) is 0 Å². The number of allylic oxidation sites excluding steroid dienone is 1. The fourth-order valence-electron chi connectivity index (χ4n) is 3.86. The van der Waals surface area contributed by atoms with Crippen molar-refractivity contribution in [2.24, 2.45) is 0 Å². The summed E-state index contributed by atoms with van der Waals surface area (Å²) in [6.07, 6.45) is 8.02. The van der Waals surface area contributed by atoms with Crippen molar-refractivity contribution in [2.45, 2.75) is 31.1 Å². The number of hydrogen-bond acceptors (Lipinski definition) is 6. The molecule has 8 heteroatoms. The van der Waals surface area contributed by atoms with Gasteiger partial charge >= 0.3 is 5.97 Å². The highest BCUT2D eigenvalue weighted by Crippen LogP contribution is 2.33. The van der Waals surface area contributed by atoms with Gasteiger partial charge in [-0.3, -0.25) is 14.5 Å². The van der Waals surface area contributed by atoms with Crippen LogP contribution in [0.1, 0.15) is 30.0 Å². The number of carbonyl (C=O) groups is 1. The largest absolute Gasteiger partial charge is 0.481 e. The number of nitrogens with zero attached hydrogens (tertiary/aromatic N) is 2. The van der Waals surface area contributed by atoms with Gasteiger partial charge in [0.1, 0.15) is 6.42 Å². The average Bonchev–Trinajstić information content (AvgIpc) is 3.34. The minimum absolute atomic E-state index is 0.0796. The van der Waals surface area contributed by atoms with Gasteiger partial charge in [-0.2, -0.15) is 0 Å². The fourth-order valence-corrected chi connectivity index (χ4v) is 3.86. The van der Waals surface area contributed by atoms with E-state index in [9.17, 15) is 9.90 Å². The second kappa shape index (κ2) is 12.1. The summed E-state index contributed by atoms with van der Waals surface area (Å²) in [6.45, 7) is 0. The Balaban J connectivity index is 2.06. The number of aromatic nitrogens is 2. The normalized spacial score (nSPS) is 13.1. The third kappa shape index (κ3) is 6.84. The van der Waals surface area contributed by atoms with Crippen molar-refractivity contribution in [1.82, 2.24) is 20.5 Å². The molecule has 1 atom stereocenters. The molecule has 1 unspecified atom stereocenters. The first-order chi connectivity index (χ1) is 16.1. The van der Waals surface area contributed by atoms with Gasteiger partial charge in [-0.1, -0.05) is 66.7 Å². The van der Waals surface area contributed by atoms with Crippen molar-refractivity contribution in [1.29, 1.82) is 0 Å². The van der Waals surface area contributed by atoms with E-state index in [0.717, 1.165) is 17.6 Å². The SMILES string of the molecule is CNOC(C/C=C(/c1ccccc1)C(Cc1ccccc1)n1ccnc1)(CC(=O)O)ONC. The third-order valence-corrected chi connectivity index (χ3v) is 5.25. The molecule has 3 rings (SSSR count). The number of rotatable bonds is 13. The van der Waals surface area contributed by atoms with Gasteiger partial charge in [0.05, 0.1) is 12.4 Å². The Morgan fingerprint density at radius 3 is 2.27 bits per heavy atom. The standard InChI is InChI=1S/C25H30N4O4/c1-26-32-25(33-27-2,18-24(30)31)14-13-22(21-11-7-4-8-12-21)23(29-16-15-28-19-29)17-20-9-5-3-6-10-20/h3-13,15-16,19,23,26-27H,14,17-18H2,1-2H3,(H,30,31)/b22-13-. The molecule has 3 N–H and O–H groups in total. The summed E-state index contributed by atoms with van der Waals surface area (Å²) in [5.41, 5.74) is 8.37. The molecule has 0 fully saturated rings. The molecule has 0 aliphatic carbocycles. The fraction of sp³-hybridized carbons (Fsp3) is 0.280. The number of benzene rings is 2. The number of carboxylic acids is 1. The minimum atomic E-state index is -1.44. The lowest BCUT2D eigenvalue weighted by molar-refractivity contribution is -0.287. The number of carboxylic acid groups (broad SMARTS) is 1. The van der Waals surface area contributed by atoms with Gasteiger partial charge in [0.2, 0.25) is 5.79 Å². The molecule has 3 aromatic rings. The smallest absolute Gasteiger partial charge is 0.308 e. The van der Waals surface area contributed by atoms with Gasteiger partial charge < -0.3 is 9.67 Å². The molecular formula is C25H30N4O4. The van der Waals surface area contributed by atoms with Crippen LogP contribution in [0, 0.1) is 0 Å². The first kappa shape index (κ1) is 24.3. The molecule has 1 aromatic heterocycles. The summed E-state index contributed by atoms with van der Waals surface area (Å²) in [7, 11) is 3.14. The number of hydroxylamine groups is 2. The van der Waals surface area contributed by atoms with E-state index in [1.807, 2.05) is 60.8 Å². The van der Waals surface area contributed by atoms with E-state index in [-0.39, 0.29) is 18.9 Å². The summed E-state index contributed by atoms with van der Waals surface area (Å²) < 4.78 is 2.06. The Hall–Kier alpha value is -3.30. The van der Waals surface area contributed by atoms with Gasteiger partial charge in [0, 0.05) is 32.9 Å². The van der Waals surface area contributed by atoms with Crippen LogP contribution in [0.2, 0.25) is 0 Å². The molecule has 0 radical (unpaired) electrons. The molecule has 0 aliphatic heterocycles. The molecule has 0 amide bonds. The van der Waals surface area contributed by atoms with E-state index in [4.69, 9.17) is 9.68 Å². The second-order valence-corrected chi connectivity index (χ2v) is 7.54. The van der Waals surface area contributed by atoms with E-state index >= 15 is 0 Å². The van der Waals surface area contributed by atoms with E-state index in [1.165, 1.54) is 5.56 Å². The molecule has 33 heavy (non-hydrogen) atoms. The van der Waals surface area contributed by atoms with Gasteiger partial charge in [-0.25, -0.2) is 15.9 Å². The van der Waals surface area contributed by atoms with E-state index < -0.39 is 11.8 Å². The molecule has 0 aliphatic rings. The summed E-state index contributed by atoms with van der Waals surface area (Å²) >= 11 is 0. The summed E-state index contributed by atoms with van der Waals surface area (Å²) in [5, 5.41) is 9.49. The minimum Gasteiger partial charge on any atom is -0.481 e. The topological polar surface area (TPSA) is 97.6 Å². The number of hydrogen-bond donors (Lipinski definition) is 3. The predicted molar refractivity (Wildman–Crippen MR) is 126 cm³/mol. The summed E-state index contributed by atoms with van der Waals surface area (Å²) in [4.78, 5) is 27.0.